The number of rotatable bonds is 2. The van der Waals surface area contributed by atoms with Crippen LogP contribution in [0.2, 0.25) is 6.04 Å². The van der Waals surface area contributed by atoms with Crippen molar-refractivity contribution in [2.75, 3.05) is 0 Å². The maximum Gasteiger partial charge on any atom is 0.0908 e. The summed E-state index contributed by atoms with van der Waals surface area (Å²) in [5, 5.41) is 0. The number of halogens is 2. The summed E-state index contributed by atoms with van der Waals surface area (Å²) in [6.07, 6.45) is 0. The zero-order valence-electron chi connectivity index (χ0n) is 3.45. The lowest BCUT2D eigenvalue weighted by atomic mass is 11.0. The topological polar surface area (TPSA) is 0 Å². The minimum absolute atomic E-state index is 0.0810. The van der Waals surface area contributed by atoms with Crippen molar-refractivity contribution >= 4 is 32.7 Å². The molecule has 0 aliphatic rings. The van der Waals surface area contributed by atoms with Crippen LogP contribution in [0.4, 0.5) is 0 Å². The van der Waals surface area contributed by atoms with Gasteiger partial charge in [-0.1, -0.05) is 13.0 Å². The number of hydrogen-bond acceptors (Lipinski definition) is 0. The zero-order valence-corrected chi connectivity index (χ0v) is 6.38. The van der Waals surface area contributed by atoms with Gasteiger partial charge in [-0.15, -0.1) is 23.2 Å². The van der Waals surface area contributed by atoms with E-state index in [1.54, 1.807) is 0 Å². The summed E-state index contributed by atoms with van der Waals surface area (Å²) in [4.78, 5) is 0. The van der Waals surface area contributed by atoms with Crippen LogP contribution in [0.3, 0.4) is 0 Å². The van der Waals surface area contributed by atoms with Crippen molar-refractivity contribution in [3.05, 3.63) is 6.92 Å². The van der Waals surface area contributed by atoms with E-state index >= 15 is 0 Å². The quantitative estimate of drug-likeness (QED) is 0.401. The van der Waals surface area contributed by atoms with E-state index in [0.717, 1.165) is 6.04 Å². The second-order valence-electron chi connectivity index (χ2n) is 1.03. The van der Waals surface area contributed by atoms with Crippen LogP contribution in [0.25, 0.3) is 0 Å². The van der Waals surface area contributed by atoms with Crippen LogP contribution in [0.15, 0.2) is 0 Å². The van der Waals surface area contributed by atoms with E-state index in [1.165, 1.54) is 0 Å². The van der Waals surface area contributed by atoms with Crippen molar-refractivity contribution in [1.82, 2.24) is 0 Å². The van der Waals surface area contributed by atoms with E-state index in [2.05, 4.69) is 6.92 Å². The average molecular weight is 142 g/mol. The molecular weight excluding hydrogens is 135 g/mol. The van der Waals surface area contributed by atoms with Crippen molar-refractivity contribution in [2.45, 2.75) is 10.5 Å². The molecule has 0 aromatic rings. The lowest BCUT2D eigenvalue weighted by molar-refractivity contribution is 1.65. The highest BCUT2D eigenvalue weighted by molar-refractivity contribution is 6.68. The standard InChI is InChI=1S/C3H7Cl2Si/c1-2-6-3(4)5/h3H,1-2,6H2. The highest BCUT2D eigenvalue weighted by Gasteiger charge is 1.92. The Kier molecular flexibility index (Phi) is 4.50. The summed E-state index contributed by atoms with van der Waals surface area (Å²) >= 11 is 10.7. The van der Waals surface area contributed by atoms with Gasteiger partial charge in [-0.3, -0.25) is 0 Å². The Balaban J connectivity index is 2.63. The maximum atomic E-state index is 5.37. The molecule has 3 heteroatoms. The third kappa shape index (κ3) is 4.80. The monoisotopic (exact) mass is 141 g/mol. The Bertz CT molecular complexity index is 30.0. The summed E-state index contributed by atoms with van der Waals surface area (Å²) in [6, 6.07) is 0.956. The molecule has 0 nitrogen and oxygen atoms in total. The molecule has 0 bridgehead atoms. The largest absolute Gasteiger partial charge is 0.110 e. The van der Waals surface area contributed by atoms with E-state index in [9.17, 15) is 0 Å². The van der Waals surface area contributed by atoms with Crippen LogP contribution >= 0.6 is 23.2 Å². The fraction of sp³-hybridized carbons (Fsp3) is 0.667. The Morgan fingerprint density at radius 3 is 2.17 bits per heavy atom. The minimum Gasteiger partial charge on any atom is -0.110 e. The molecule has 0 saturated carbocycles. The van der Waals surface area contributed by atoms with Gasteiger partial charge in [-0.25, -0.2) is 0 Å². The maximum absolute atomic E-state index is 5.37. The van der Waals surface area contributed by atoms with Crippen LogP contribution in [-0.2, 0) is 0 Å². The lowest BCUT2D eigenvalue weighted by Crippen LogP contribution is -1.96. The number of alkyl halides is 2. The molecule has 0 aromatic heterocycles. The summed E-state index contributed by atoms with van der Waals surface area (Å²) in [5.74, 6) is 0. The zero-order chi connectivity index (χ0) is 4.99. The summed E-state index contributed by atoms with van der Waals surface area (Å²) in [5.41, 5.74) is 0. The second-order valence-corrected chi connectivity index (χ2v) is 5.45. The molecule has 0 heterocycles. The second kappa shape index (κ2) is 3.97. The van der Waals surface area contributed by atoms with Crippen LogP contribution in [0.1, 0.15) is 0 Å². The van der Waals surface area contributed by atoms with Crippen molar-refractivity contribution in [2.24, 2.45) is 0 Å². The summed E-state index contributed by atoms with van der Waals surface area (Å²) in [7, 11) is -0.224. The van der Waals surface area contributed by atoms with Gasteiger partial charge in [0, 0.05) is 0 Å². The van der Waals surface area contributed by atoms with Crippen LogP contribution < -0.4 is 0 Å². The predicted octanol–water partition coefficient (Wildman–Crippen LogP) is 1.17. The van der Waals surface area contributed by atoms with Crippen molar-refractivity contribution in [1.29, 1.82) is 0 Å². The molecule has 0 spiro atoms. The molecule has 0 aliphatic heterocycles. The first-order valence-electron chi connectivity index (χ1n) is 1.84. The van der Waals surface area contributed by atoms with E-state index in [1.807, 2.05) is 0 Å². The first kappa shape index (κ1) is 6.80. The molecule has 0 amide bonds. The van der Waals surface area contributed by atoms with Crippen molar-refractivity contribution < 1.29 is 0 Å². The fourth-order valence-electron chi connectivity index (χ4n) is 0.154. The van der Waals surface area contributed by atoms with Crippen molar-refractivity contribution in [3.8, 4) is 0 Å². The van der Waals surface area contributed by atoms with Gasteiger partial charge in [0.05, 0.1) is 14.0 Å². The first-order chi connectivity index (χ1) is 2.77. The molecule has 0 N–H and O–H groups in total. The van der Waals surface area contributed by atoms with Crippen LogP contribution in [0, 0.1) is 6.92 Å². The summed E-state index contributed by atoms with van der Waals surface area (Å²) in [6.45, 7) is 3.62. The Morgan fingerprint density at radius 1 is 1.67 bits per heavy atom. The van der Waals surface area contributed by atoms with E-state index < -0.39 is 0 Å². The van der Waals surface area contributed by atoms with Crippen LogP contribution in [0.5, 0.6) is 0 Å². The van der Waals surface area contributed by atoms with Gasteiger partial charge in [-0.05, 0) is 0 Å². The highest BCUT2D eigenvalue weighted by atomic mass is 35.5. The van der Waals surface area contributed by atoms with Gasteiger partial charge in [-0.2, -0.15) is 0 Å². The molecule has 1 radical (unpaired) electrons. The first-order valence-corrected chi connectivity index (χ1v) is 4.53. The Morgan fingerprint density at radius 2 is 2.17 bits per heavy atom. The van der Waals surface area contributed by atoms with Gasteiger partial charge in [0.2, 0.25) is 0 Å². The smallest absolute Gasteiger partial charge is 0.0908 e. The molecular formula is C3H7Cl2Si. The Hall–Kier alpha value is 0.797. The van der Waals surface area contributed by atoms with Gasteiger partial charge >= 0.3 is 0 Å². The SMILES string of the molecule is [CH2]C[SiH2]C(Cl)Cl. The molecule has 37 valence electrons. The van der Waals surface area contributed by atoms with Gasteiger partial charge in [0.15, 0.2) is 0 Å². The van der Waals surface area contributed by atoms with Gasteiger partial charge in [0.25, 0.3) is 0 Å². The summed E-state index contributed by atoms with van der Waals surface area (Å²) < 4.78 is -0.0810. The van der Waals surface area contributed by atoms with E-state index in [4.69, 9.17) is 23.2 Å². The van der Waals surface area contributed by atoms with E-state index in [0.29, 0.717) is 0 Å². The van der Waals surface area contributed by atoms with Crippen LogP contribution in [-0.4, -0.2) is 14.0 Å². The molecule has 0 aromatic carbocycles. The number of hydrogen-bond donors (Lipinski definition) is 0. The highest BCUT2D eigenvalue weighted by Crippen LogP contribution is 1.99. The van der Waals surface area contributed by atoms with Crippen molar-refractivity contribution in [3.63, 3.8) is 0 Å². The van der Waals surface area contributed by atoms with E-state index in [-0.39, 0.29) is 14.0 Å². The fourth-order valence-corrected chi connectivity index (χ4v) is 1.39. The third-order valence-electron chi connectivity index (χ3n) is 0.422. The molecule has 0 fully saturated rings. The lowest BCUT2D eigenvalue weighted by Gasteiger charge is -1.89. The minimum atomic E-state index is -0.224. The third-order valence-corrected chi connectivity index (χ3v) is 2.58. The van der Waals surface area contributed by atoms with Gasteiger partial charge < -0.3 is 0 Å². The molecule has 0 atom stereocenters. The molecule has 0 aliphatic carbocycles. The molecule has 0 unspecified atom stereocenters. The van der Waals surface area contributed by atoms with Gasteiger partial charge in [0.1, 0.15) is 0 Å². The predicted molar refractivity (Wildman–Crippen MR) is 34.2 cm³/mol. The molecule has 0 rings (SSSR count). The molecule has 0 saturated heterocycles. The Labute approximate surface area is 50.7 Å². The molecule has 6 heavy (non-hydrogen) atoms. The normalized spacial score (nSPS) is 12.0. The average Bonchev–Trinajstić information content (AvgIpc) is 1.35.